The lowest BCUT2D eigenvalue weighted by molar-refractivity contribution is -0.141. The summed E-state index contributed by atoms with van der Waals surface area (Å²) in [5, 5.41) is 0. The number of likely N-dealkylation sites (tertiary alicyclic amines) is 1. The molecule has 0 radical (unpaired) electrons. The van der Waals surface area contributed by atoms with Crippen LogP contribution in [0.25, 0.3) is 0 Å². The molecule has 1 aromatic heterocycles. The van der Waals surface area contributed by atoms with Gasteiger partial charge in [0.05, 0.1) is 0 Å². The quantitative estimate of drug-likeness (QED) is 0.817. The van der Waals surface area contributed by atoms with Crippen molar-refractivity contribution in [1.29, 1.82) is 0 Å². The summed E-state index contributed by atoms with van der Waals surface area (Å²) in [6.45, 7) is 5.86. The lowest BCUT2D eigenvalue weighted by Gasteiger charge is -2.49. The molecule has 0 N–H and O–H groups in total. The zero-order valence-electron chi connectivity index (χ0n) is 14.5. The summed E-state index contributed by atoms with van der Waals surface area (Å²) in [7, 11) is 0. The molecule has 0 unspecified atom stereocenters. The van der Waals surface area contributed by atoms with E-state index >= 15 is 0 Å². The van der Waals surface area contributed by atoms with Crippen molar-refractivity contribution in [3.8, 4) is 0 Å². The number of alkyl halides is 3. The number of carbonyl (C=O) groups excluding carboxylic acids is 1. The van der Waals surface area contributed by atoms with E-state index in [1.165, 1.54) is 0 Å². The second-order valence-corrected chi connectivity index (χ2v) is 7.38. The lowest BCUT2D eigenvalue weighted by atomic mass is 9.73. The van der Waals surface area contributed by atoms with Crippen molar-refractivity contribution >= 4 is 11.9 Å². The first-order valence-corrected chi connectivity index (χ1v) is 8.65. The molecular weight excluding hydrogens is 333 g/mol. The van der Waals surface area contributed by atoms with Crippen LogP contribution in [-0.2, 0) is 11.0 Å². The van der Waals surface area contributed by atoms with Gasteiger partial charge in [-0.05, 0) is 39.2 Å². The van der Waals surface area contributed by atoms with Crippen LogP contribution in [0.2, 0.25) is 0 Å². The Kier molecular flexibility index (Phi) is 4.64. The molecule has 1 aromatic rings. The van der Waals surface area contributed by atoms with Gasteiger partial charge in [-0.3, -0.25) is 4.79 Å². The van der Waals surface area contributed by atoms with E-state index in [0.29, 0.717) is 26.1 Å². The van der Waals surface area contributed by atoms with E-state index < -0.39 is 11.9 Å². The first kappa shape index (κ1) is 17.9. The summed E-state index contributed by atoms with van der Waals surface area (Å²) in [6, 6.07) is 1.02. The van der Waals surface area contributed by atoms with Crippen molar-refractivity contribution in [2.45, 2.75) is 51.7 Å². The third-order valence-electron chi connectivity index (χ3n) is 5.20. The van der Waals surface area contributed by atoms with Gasteiger partial charge < -0.3 is 9.80 Å². The Morgan fingerprint density at radius 1 is 1.24 bits per heavy atom. The molecular formula is C17H23F3N4O. The number of aromatic nitrogens is 2. The smallest absolute Gasteiger partial charge is 0.340 e. The average molecular weight is 356 g/mol. The van der Waals surface area contributed by atoms with Crippen LogP contribution in [0.1, 0.15) is 45.2 Å². The number of carbonyl (C=O) groups is 1. The number of amides is 1. The maximum atomic E-state index is 12.9. The van der Waals surface area contributed by atoms with Gasteiger partial charge in [-0.2, -0.15) is 13.2 Å². The summed E-state index contributed by atoms with van der Waals surface area (Å²) in [4.78, 5) is 23.6. The highest BCUT2D eigenvalue weighted by Crippen LogP contribution is 2.40. The summed E-state index contributed by atoms with van der Waals surface area (Å²) >= 11 is 0. The molecule has 25 heavy (non-hydrogen) atoms. The Bertz CT molecular complexity index is 649. The number of piperidine rings is 2. The Labute approximate surface area is 145 Å². The summed E-state index contributed by atoms with van der Waals surface area (Å²) < 4.78 is 38.7. The standard InChI is InChI=1S/C17H23F3N4O/c1-12(2)24-11-16(7-4-14(24)25)6-3-9-23(10-16)15-21-8-5-13(22-15)17(18,19)20/h5,8,12H,3-4,6-7,9-11H2,1-2H3/t16-/m0/s1. The van der Waals surface area contributed by atoms with Gasteiger partial charge in [0.25, 0.3) is 0 Å². The summed E-state index contributed by atoms with van der Waals surface area (Å²) in [5.74, 6) is 0.287. The largest absolute Gasteiger partial charge is 0.433 e. The SMILES string of the molecule is CC(C)N1C[C@@]2(CCCN(c3nccc(C(F)(F)F)n3)C2)CCC1=O. The number of hydrogen-bond acceptors (Lipinski definition) is 4. The van der Waals surface area contributed by atoms with E-state index in [1.807, 2.05) is 23.6 Å². The lowest BCUT2D eigenvalue weighted by Crippen LogP contribution is -2.55. The predicted octanol–water partition coefficient (Wildman–Crippen LogP) is 3.11. The van der Waals surface area contributed by atoms with Gasteiger partial charge in [0, 0.05) is 43.7 Å². The van der Waals surface area contributed by atoms with Crippen LogP contribution >= 0.6 is 0 Å². The van der Waals surface area contributed by atoms with Crippen LogP contribution in [0.3, 0.4) is 0 Å². The van der Waals surface area contributed by atoms with Gasteiger partial charge in [0.2, 0.25) is 11.9 Å². The van der Waals surface area contributed by atoms with E-state index in [2.05, 4.69) is 9.97 Å². The Morgan fingerprint density at radius 2 is 2.00 bits per heavy atom. The van der Waals surface area contributed by atoms with E-state index in [0.717, 1.165) is 31.5 Å². The van der Waals surface area contributed by atoms with E-state index in [-0.39, 0.29) is 23.3 Å². The number of anilines is 1. The normalized spacial score (nSPS) is 25.1. The highest BCUT2D eigenvalue weighted by molar-refractivity contribution is 5.77. The molecule has 138 valence electrons. The highest BCUT2D eigenvalue weighted by Gasteiger charge is 2.43. The minimum atomic E-state index is -4.48. The molecule has 1 spiro atoms. The third-order valence-corrected chi connectivity index (χ3v) is 5.20. The van der Waals surface area contributed by atoms with Gasteiger partial charge in [-0.15, -0.1) is 0 Å². The molecule has 0 aliphatic carbocycles. The molecule has 2 aliphatic rings. The fourth-order valence-electron chi connectivity index (χ4n) is 3.89. The fourth-order valence-corrected chi connectivity index (χ4v) is 3.89. The second kappa shape index (κ2) is 6.46. The first-order valence-electron chi connectivity index (χ1n) is 8.65. The van der Waals surface area contributed by atoms with Crippen molar-refractivity contribution in [3.63, 3.8) is 0 Å². The minimum absolute atomic E-state index is 0.0893. The van der Waals surface area contributed by atoms with Crippen LogP contribution in [0.4, 0.5) is 19.1 Å². The predicted molar refractivity (Wildman–Crippen MR) is 87.0 cm³/mol. The monoisotopic (exact) mass is 356 g/mol. The molecule has 2 saturated heterocycles. The molecule has 3 rings (SSSR count). The molecule has 2 aliphatic heterocycles. The number of halogens is 3. The summed E-state index contributed by atoms with van der Waals surface area (Å²) in [6.07, 6.45) is -0.215. The molecule has 1 atom stereocenters. The Morgan fingerprint density at radius 3 is 2.68 bits per heavy atom. The molecule has 5 nitrogen and oxygen atoms in total. The van der Waals surface area contributed by atoms with Crippen molar-refractivity contribution in [2.75, 3.05) is 24.5 Å². The molecule has 1 amide bonds. The van der Waals surface area contributed by atoms with Gasteiger partial charge in [-0.25, -0.2) is 9.97 Å². The van der Waals surface area contributed by atoms with Crippen LogP contribution in [-0.4, -0.2) is 46.5 Å². The van der Waals surface area contributed by atoms with E-state index in [4.69, 9.17) is 0 Å². The maximum Gasteiger partial charge on any atom is 0.433 e. The zero-order chi connectivity index (χ0) is 18.2. The molecule has 0 bridgehead atoms. The van der Waals surface area contributed by atoms with Gasteiger partial charge in [0.15, 0.2) is 0 Å². The van der Waals surface area contributed by atoms with Gasteiger partial charge in [-0.1, -0.05) is 0 Å². The fraction of sp³-hybridized carbons (Fsp3) is 0.706. The molecule has 0 saturated carbocycles. The zero-order valence-corrected chi connectivity index (χ0v) is 14.5. The maximum absolute atomic E-state index is 12.9. The second-order valence-electron chi connectivity index (χ2n) is 7.38. The van der Waals surface area contributed by atoms with E-state index in [9.17, 15) is 18.0 Å². The van der Waals surface area contributed by atoms with Gasteiger partial charge >= 0.3 is 6.18 Å². The van der Waals surface area contributed by atoms with Crippen molar-refractivity contribution < 1.29 is 18.0 Å². The molecule has 0 aromatic carbocycles. The average Bonchev–Trinajstić information content (AvgIpc) is 2.57. The molecule has 8 heteroatoms. The van der Waals surface area contributed by atoms with Crippen molar-refractivity contribution in [1.82, 2.24) is 14.9 Å². The Balaban J connectivity index is 1.81. The molecule has 3 heterocycles. The number of hydrogen-bond donors (Lipinski definition) is 0. The summed E-state index contributed by atoms with van der Waals surface area (Å²) in [5.41, 5.74) is -1.01. The number of nitrogens with zero attached hydrogens (tertiary/aromatic N) is 4. The first-order chi connectivity index (χ1) is 11.7. The van der Waals surface area contributed by atoms with Crippen LogP contribution in [0.5, 0.6) is 0 Å². The third kappa shape index (κ3) is 3.72. The highest BCUT2D eigenvalue weighted by atomic mass is 19.4. The molecule has 2 fully saturated rings. The van der Waals surface area contributed by atoms with Gasteiger partial charge in [0.1, 0.15) is 5.69 Å². The van der Waals surface area contributed by atoms with Crippen molar-refractivity contribution in [2.24, 2.45) is 5.41 Å². The van der Waals surface area contributed by atoms with Crippen LogP contribution in [0.15, 0.2) is 12.3 Å². The number of rotatable bonds is 2. The minimum Gasteiger partial charge on any atom is -0.340 e. The van der Waals surface area contributed by atoms with Crippen molar-refractivity contribution in [3.05, 3.63) is 18.0 Å². The Hall–Kier alpha value is -1.86. The van der Waals surface area contributed by atoms with Crippen LogP contribution < -0.4 is 4.90 Å². The topological polar surface area (TPSA) is 49.3 Å². The van der Waals surface area contributed by atoms with Crippen LogP contribution in [0, 0.1) is 5.41 Å². The van der Waals surface area contributed by atoms with E-state index in [1.54, 1.807) is 0 Å².